The topological polar surface area (TPSA) is 121 Å². The third-order valence-corrected chi connectivity index (χ3v) is 4.08. The van der Waals surface area contributed by atoms with E-state index in [1.54, 1.807) is 6.92 Å². The quantitative estimate of drug-likeness (QED) is 0.499. The molecule has 0 spiro atoms. The highest BCUT2D eigenvalue weighted by Crippen LogP contribution is 2.28. The molecule has 2 rings (SSSR count). The summed E-state index contributed by atoms with van der Waals surface area (Å²) in [5.41, 5.74) is 0.161. The zero-order chi connectivity index (χ0) is 17.9. The van der Waals surface area contributed by atoms with Crippen LogP contribution in [0, 0.1) is 17.0 Å². The Labute approximate surface area is 140 Å². The zero-order valence-electron chi connectivity index (χ0n) is 13.0. The molecule has 0 bridgehead atoms. The van der Waals surface area contributed by atoms with E-state index in [4.69, 9.17) is 4.74 Å². The van der Waals surface area contributed by atoms with Crippen LogP contribution in [0.4, 0.5) is 10.8 Å². The number of amides is 1. The molecule has 0 aliphatic carbocycles. The molecule has 1 amide bonds. The number of aryl methyl sites for hydroxylation is 1. The van der Waals surface area contributed by atoms with Gasteiger partial charge < -0.3 is 9.47 Å². The third-order valence-electron chi connectivity index (χ3n) is 3.03. The second-order valence-corrected chi connectivity index (χ2v) is 5.52. The van der Waals surface area contributed by atoms with E-state index in [2.05, 4.69) is 15.0 Å². The van der Waals surface area contributed by atoms with Gasteiger partial charge in [0.05, 0.1) is 24.8 Å². The van der Waals surface area contributed by atoms with Crippen molar-refractivity contribution in [2.45, 2.75) is 6.92 Å². The molecule has 2 aromatic rings. The number of methoxy groups -OCH3 is 2. The van der Waals surface area contributed by atoms with Crippen molar-refractivity contribution >= 4 is 34.0 Å². The standard InChI is InChI=1S/C14H13N3O6S/c1-7-11(13(19)23-3)24-14(15-7)16-12(18)8-4-5-10(22-2)9(6-8)17(20)21/h4-6H,1-3H3,(H,15,16,18). The number of aromatic nitrogens is 1. The number of anilines is 1. The highest BCUT2D eigenvalue weighted by Gasteiger charge is 2.20. The summed E-state index contributed by atoms with van der Waals surface area (Å²) in [5.74, 6) is -1.09. The van der Waals surface area contributed by atoms with Gasteiger partial charge in [0, 0.05) is 11.6 Å². The lowest BCUT2D eigenvalue weighted by Crippen LogP contribution is -2.12. The molecular formula is C14H13N3O6S. The van der Waals surface area contributed by atoms with Crippen molar-refractivity contribution in [3.63, 3.8) is 0 Å². The first kappa shape index (κ1) is 17.3. The predicted octanol–water partition coefficient (Wildman–Crippen LogP) is 2.41. The minimum atomic E-state index is -0.640. The fourth-order valence-corrected chi connectivity index (χ4v) is 2.75. The Morgan fingerprint density at radius 2 is 2.04 bits per heavy atom. The average molecular weight is 351 g/mol. The molecule has 1 aromatic carbocycles. The van der Waals surface area contributed by atoms with Crippen molar-refractivity contribution in [2.75, 3.05) is 19.5 Å². The molecule has 0 aliphatic heterocycles. The van der Waals surface area contributed by atoms with Crippen molar-refractivity contribution in [1.29, 1.82) is 0 Å². The molecule has 1 N–H and O–H groups in total. The summed E-state index contributed by atoms with van der Waals surface area (Å²) in [4.78, 5) is 38.5. The maximum Gasteiger partial charge on any atom is 0.350 e. The summed E-state index contributed by atoms with van der Waals surface area (Å²) in [6.45, 7) is 1.61. The largest absolute Gasteiger partial charge is 0.490 e. The van der Waals surface area contributed by atoms with E-state index in [1.165, 1.54) is 26.4 Å². The number of rotatable bonds is 5. The van der Waals surface area contributed by atoms with Crippen LogP contribution >= 0.6 is 11.3 Å². The lowest BCUT2D eigenvalue weighted by Gasteiger charge is -2.04. The first-order chi connectivity index (χ1) is 11.4. The zero-order valence-corrected chi connectivity index (χ0v) is 13.8. The van der Waals surface area contributed by atoms with Gasteiger partial charge in [0.25, 0.3) is 5.91 Å². The van der Waals surface area contributed by atoms with Crippen LogP contribution in [0.2, 0.25) is 0 Å². The molecule has 126 valence electrons. The van der Waals surface area contributed by atoms with Gasteiger partial charge in [-0.05, 0) is 19.1 Å². The van der Waals surface area contributed by atoms with Crippen molar-refractivity contribution in [3.8, 4) is 5.75 Å². The van der Waals surface area contributed by atoms with Gasteiger partial charge in [-0.2, -0.15) is 0 Å². The normalized spacial score (nSPS) is 10.1. The number of nitrogens with zero attached hydrogens (tertiary/aromatic N) is 2. The maximum atomic E-state index is 12.2. The van der Waals surface area contributed by atoms with Crippen molar-refractivity contribution in [2.24, 2.45) is 0 Å². The van der Waals surface area contributed by atoms with Crippen molar-refractivity contribution in [3.05, 3.63) is 44.4 Å². The van der Waals surface area contributed by atoms with Crippen LogP contribution < -0.4 is 10.1 Å². The van der Waals surface area contributed by atoms with Crippen LogP contribution in [0.15, 0.2) is 18.2 Å². The molecule has 0 radical (unpaired) electrons. The molecule has 0 saturated carbocycles. The van der Waals surface area contributed by atoms with Crippen LogP contribution in [0.3, 0.4) is 0 Å². The highest BCUT2D eigenvalue weighted by atomic mass is 32.1. The van der Waals surface area contributed by atoms with E-state index in [9.17, 15) is 19.7 Å². The lowest BCUT2D eigenvalue weighted by molar-refractivity contribution is -0.385. The molecule has 24 heavy (non-hydrogen) atoms. The number of carbonyl (C=O) groups excluding carboxylic acids is 2. The fourth-order valence-electron chi connectivity index (χ4n) is 1.88. The van der Waals surface area contributed by atoms with E-state index in [-0.39, 0.29) is 27.0 Å². The molecule has 1 heterocycles. The molecular weight excluding hydrogens is 338 g/mol. The second kappa shape index (κ2) is 7.04. The summed E-state index contributed by atoms with van der Waals surface area (Å²) in [6.07, 6.45) is 0. The van der Waals surface area contributed by atoms with E-state index >= 15 is 0 Å². The number of hydrogen-bond donors (Lipinski definition) is 1. The Morgan fingerprint density at radius 3 is 2.62 bits per heavy atom. The fraction of sp³-hybridized carbons (Fsp3) is 0.214. The Bertz CT molecular complexity index is 817. The maximum absolute atomic E-state index is 12.2. The van der Waals surface area contributed by atoms with E-state index in [1.807, 2.05) is 0 Å². The molecule has 1 aromatic heterocycles. The second-order valence-electron chi connectivity index (χ2n) is 4.52. The van der Waals surface area contributed by atoms with Crippen molar-refractivity contribution < 1.29 is 24.0 Å². The molecule has 0 saturated heterocycles. The summed E-state index contributed by atoms with van der Waals surface area (Å²) in [5, 5.41) is 13.7. The van der Waals surface area contributed by atoms with Gasteiger partial charge >= 0.3 is 11.7 Å². The number of esters is 1. The Hall–Kier alpha value is -3.01. The van der Waals surface area contributed by atoms with Crippen LogP contribution in [0.25, 0.3) is 0 Å². The highest BCUT2D eigenvalue weighted by molar-refractivity contribution is 7.17. The van der Waals surface area contributed by atoms with Gasteiger partial charge in [0.2, 0.25) is 0 Å². The Morgan fingerprint density at radius 1 is 1.33 bits per heavy atom. The molecule has 10 heteroatoms. The number of hydrogen-bond acceptors (Lipinski definition) is 8. The minimum absolute atomic E-state index is 0.0506. The molecule has 0 atom stereocenters. The summed E-state index contributed by atoms with van der Waals surface area (Å²) >= 11 is 0.957. The lowest BCUT2D eigenvalue weighted by atomic mass is 10.2. The summed E-state index contributed by atoms with van der Waals surface area (Å²) < 4.78 is 9.50. The van der Waals surface area contributed by atoms with Crippen LogP contribution in [-0.2, 0) is 4.74 Å². The summed E-state index contributed by atoms with van der Waals surface area (Å²) in [6, 6.07) is 3.83. The van der Waals surface area contributed by atoms with E-state index < -0.39 is 16.8 Å². The summed E-state index contributed by atoms with van der Waals surface area (Å²) in [7, 11) is 2.55. The first-order valence-corrected chi connectivity index (χ1v) is 7.38. The Kier molecular flexibility index (Phi) is 5.09. The number of nitro groups is 1. The monoisotopic (exact) mass is 351 g/mol. The molecule has 0 aliphatic rings. The molecule has 9 nitrogen and oxygen atoms in total. The van der Waals surface area contributed by atoms with Crippen molar-refractivity contribution in [1.82, 2.24) is 4.98 Å². The van der Waals surface area contributed by atoms with Crippen LogP contribution in [0.1, 0.15) is 25.7 Å². The van der Waals surface area contributed by atoms with Crippen LogP contribution in [-0.4, -0.2) is 36.0 Å². The van der Waals surface area contributed by atoms with Gasteiger partial charge in [-0.3, -0.25) is 20.2 Å². The number of carbonyl (C=O) groups is 2. The Balaban J connectivity index is 2.26. The van der Waals surface area contributed by atoms with E-state index in [0.717, 1.165) is 17.4 Å². The third kappa shape index (κ3) is 3.49. The van der Waals surface area contributed by atoms with E-state index in [0.29, 0.717) is 5.69 Å². The van der Waals surface area contributed by atoms with Crippen LogP contribution in [0.5, 0.6) is 5.75 Å². The minimum Gasteiger partial charge on any atom is -0.490 e. The smallest absolute Gasteiger partial charge is 0.350 e. The predicted molar refractivity (Wildman–Crippen MR) is 85.8 cm³/mol. The van der Waals surface area contributed by atoms with Gasteiger partial charge in [0.1, 0.15) is 4.88 Å². The number of thiazole rings is 1. The first-order valence-electron chi connectivity index (χ1n) is 6.57. The average Bonchev–Trinajstić information content (AvgIpc) is 2.93. The van der Waals surface area contributed by atoms with Gasteiger partial charge in [0.15, 0.2) is 10.9 Å². The molecule has 0 fully saturated rings. The van der Waals surface area contributed by atoms with Gasteiger partial charge in [-0.1, -0.05) is 11.3 Å². The van der Waals surface area contributed by atoms with Gasteiger partial charge in [-0.25, -0.2) is 9.78 Å². The number of benzene rings is 1. The SMILES string of the molecule is COC(=O)c1sc(NC(=O)c2ccc(OC)c([N+](=O)[O-])c2)nc1C. The molecule has 0 unspecified atom stereocenters. The number of ether oxygens (including phenoxy) is 2. The number of nitro benzene ring substituents is 1. The number of nitrogens with one attached hydrogen (secondary N) is 1. The van der Waals surface area contributed by atoms with Gasteiger partial charge in [-0.15, -0.1) is 0 Å².